The van der Waals surface area contributed by atoms with Crippen molar-refractivity contribution in [1.82, 2.24) is 0 Å². The highest BCUT2D eigenvalue weighted by Gasteiger charge is 2.43. The molecule has 2 N–H and O–H groups in total. The second-order valence-electron chi connectivity index (χ2n) is 8.10. The number of fused-ring (bicyclic) bond motifs is 1. The van der Waals surface area contributed by atoms with E-state index in [0.717, 1.165) is 22.4 Å². The van der Waals surface area contributed by atoms with Gasteiger partial charge in [0.2, 0.25) is 0 Å². The van der Waals surface area contributed by atoms with Crippen LogP contribution in [0.15, 0.2) is 72.8 Å². The molecule has 1 aliphatic rings. The van der Waals surface area contributed by atoms with E-state index in [1.54, 1.807) is 12.1 Å². The standard InChI is InChI=1S/C25H26FNO3/c1-25(2)24(28)23(29-16-18-6-4-3-5-7-18)21-14-20(12-13-22(21)30-25)27-15-17-8-10-19(26)11-9-17/h3-14,23-24,27-28H,15-16H2,1-2H3/t23-,24+/m1/s1. The summed E-state index contributed by atoms with van der Waals surface area (Å²) in [5, 5.41) is 14.3. The zero-order valence-corrected chi connectivity index (χ0v) is 17.1. The molecule has 0 aliphatic carbocycles. The van der Waals surface area contributed by atoms with Crippen molar-refractivity contribution in [1.29, 1.82) is 0 Å². The molecule has 156 valence electrons. The van der Waals surface area contributed by atoms with E-state index >= 15 is 0 Å². The van der Waals surface area contributed by atoms with Crippen LogP contribution in [0.5, 0.6) is 5.75 Å². The predicted molar refractivity (Wildman–Crippen MR) is 115 cm³/mol. The van der Waals surface area contributed by atoms with Crippen LogP contribution in [0.3, 0.4) is 0 Å². The molecule has 0 radical (unpaired) electrons. The molecule has 4 nitrogen and oxygen atoms in total. The molecule has 0 saturated heterocycles. The summed E-state index contributed by atoms with van der Waals surface area (Å²) in [7, 11) is 0. The molecular weight excluding hydrogens is 381 g/mol. The molecule has 0 unspecified atom stereocenters. The van der Waals surface area contributed by atoms with Crippen LogP contribution in [0.4, 0.5) is 10.1 Å². The van der Waals surface area contributed by atoms with Crippen molar-refractivity contribution < 1.29 is 19.0 Å². The van der Waals surface area contributed by atoms with Crippen molar-refractivity contribution in [3.63, 3.8) is 0 Å². The molecule has 3 aromatic rings. The molecular formula is C25H26FNO3. The van der Waals surface area contributed by atoms with Crippen LogP contribution in [0, 0.1) is 5.82 Å². The Hall–Kier alpha value is -2.89. The first-order chi connectivity index (χ1) is 14.4. The third-order valence-corrected chi connectivity index (χ3v) is 5.37. The number of halogens is 1. The molecule has 5 heteroatoms. The summed E-state index contributed by atoms with van der Waals surface area (Å²) < 4.78 is 25.3. The quantitative estimate of drug-likeness (QED) is 0.588. The van der Waals surface area contributed by atoms with Gasteiger partial charge in [0.1, 0.15) is 29.4 Å². The third kappa shape index (κ3) is 4.48. The first-order valence-electron chi connectivity index (χ1n) is 10.1. The van der Waals surface area contributed by atoms with Gasteiger partial charge in [0, 0.05) is 17.8 Å². The van der Waals surface area contributed by atoms with Crippen LogP contribution in [-0.4, -0.2) is 16.8 Å². The van der Waals surface area contributed by atoms with Crippen LogP contribution >= 0.6 is 0 Å². The van der Waals surface area contributed by atoms with Gasteiger partial charge < -0.3 is 19.9 Å². The number of hydrogen-bond acceptors (Lipinski definition) is 4. The lowest BCUT2D eigenvalue weighted by Crippen LogP contribution is -2.49. The van der Waals surface area contributed by atoms with E-state index in [-0.39, 0.29) is 5.82 Å². The van der Waals surface area contributed by atoms with Gasteiger partial charge >= 0.3 is 0 Å². The number of aliphatic hydroxyl groups excluding tert-OH is 1. The molecule has 1 heterocycles. The molecule has 1 aliphatic heterocycles. The Labute approximate surface area is 176 Å². The Bertz CT molecular complexity index is 989. The lowest BCUT2D eigenvalue weighted by atomic mass is 9.88. The maximum Gasteiger partial charge on any atom is 0.132 e. The maximum atomic E-state index is 13.1. The minimum Gasteiger partial charge on any atom is -0.485 e. The molecule has 0 spiro atoms. The first kappa shape index (κ1) is 20.4. The molecule has 0 bridgehead atoms. The summed E-state index contributed by atoms with van der Waals surface area (Å²) in [4.78, 5) is 0. The first-order valence-corrected chi connectivity index (χ1v) is 10.1. The largest absolute Gasteiger partial charge is 0.485 e. The van der Waals surface area contributed by atoms with Gasteiger partial charge in [0.05, 0.1) is 6.61 Å². The van der Waals surface area contributed by atoms with Gasteiger partial charge in [-0.25, -0.2) is 4.39 Å². The number of nitrogens with one attached hydrogen (secondary N) is 1. The molecule has 0 aromatic heterocycles. The number of ether oxygens (including phenoxy) is 2. The van der Waals surface area contributed by atoms with Crippen LogP contribution in [0.25, 0.3) is 0 Å². The minimum absolute atomic E-state index is 0.250. The van der Waals surface area contributed by atoms with E-state index < -0.39 is 17.8 Å². The Morgan fingerprint density at radius 3 is 2.47 bits per heavy atom. The van der Waals surface area contributed by atoms with Gasteiger partial charge in [-0.1, -0.05) is 42.5 Å². The summed E-state index contributed by atoms with van der Waals surface area (Å²) in [6, 6.07) is 22.1. The van der Waals surface area contributed by atoms with E-state index in [1.165, 1.54) is 12.1 Å². The second-order valence-corrected chi connectivity index (χ2v) is 8.10. The van der Waals surface area contributed by atoms with Crippen LogP contribution < -0.4 is 10.1 Å². The second kappa shape index (κ2) is 8.46. The summed E-state index contributed by atoms with van der Waals surface area (Å²) in [5.41, 5.74) is 2.94. The molecule has 30 heavy (non-hydrogen) atoms. The Kier molecular flexibility index (Phi) is 5.75. The zero-order chi connectivity index (χ0) is 21.1. The van der Waals surface area contributed by atoms with E-state index in [0.29, 0.717) is 18.9 Å². The lowest BCUT2D eigenvalue weighted by molar-refractivity contribution is -0.139. The van der Waals surface area contributed by atoms with Crippen molar-refractivity contribution >= 4 is 5.69 Å². The number of hydrogen-bond donors (Lipinski definition) is 2. The van der Waals surface area contributed by atoms with Crippen molar-refractivity contribution in [2.24, 2.45) is 0 Å². The van der Waals surface area contributed by atoms with Crippen LogP contribution in [-0.2, 0) is 17.9 Å². The van der Waals surface area contributed by atoms with Crippen molar-refractivity contribution in [2.75, 3.05) is 5.32 Å². The summed E-state index contributed by atoms with van der Waals surface area (Å²) in [6.45, 7) is 4.68. The molecule has 2 atom stereocenters. The van der Waals surface area contributed by atoms with Crippen molar-refractivity contribution in [2.45, 2.75) is 44.8 Å². The van der Waals surface area contributed by atoms with Crippen LogP contribution in [0.1, 0.15) is 36.6 Å². The summed E-state index contributed by atoms with van der Waals surface area (Å²) in [6.07, 6.45) is -1.34. The molecule has 4 rings (SSSR count). The van der Waals surface area contributed by atoms with Gasteiger partial charge in [-0.15, -0.1) is 0 Å². The third-order valence-electron chi connectivity index (χ3n) is 5.37. The highest BCUT2D eigenvalue weighted by atomic mass is 19.1. The van der Waals surface area contributed by atoms with E-state index in [2.05, 4.69) is 5.32 Å². The molecule has 0 saturated carbocycles. The number of rotatable bonds is 6. The number of anilines is 1. The normalized spacial score (nSPS) is 19.6. The fourth-order valence-corrected chi connectivity index (χ4v) is 3.60. The molecule has 0 fully saturated rings. The summed E-state index contributed by atoms with van der Waals surface area (Å²) >= 11 is 0. The van der Waals surface area contributed by atoms with Gasteiger partial charge in [-0.2, -0.15) is 0 Å². The number of aliphatic hydroxyl groups is 1. The lowest BCUT2D eigenvalue weighted by Gasteiger charge is -2.42. The average molecular weight is 407 g/mol. The highest BCUT2D eigenvalue weighted by molar-refractivity contribution is 5.53. The fraction of sp³-hybridized carbons (Fsp3) is 0.280. The smallest absolute Gasteiger partial charge is 0.132 e. The molecule has 0 amide bonds. The van der Waals surface area contributed by atoms with Gasteiger partial charge in [0.15, 0.2) is 0 Å². The van der Waals surface area contributed by atoms with E-state index in [1.807, 2.05) is 62.4 Å². The van der Waals surface area contributed by atoms with Gasteiger partial charge in [-0.3, -0.25) is 0 Å². The van der Waals surface area contributed by atoms with Gasteiger partial charge in [0.25, 0.3) is 0 Å². The highest BCUT2D eigenvalue weighted by Crippen LogP contribution is 2.43. The predicted octanol–water partition coefficient (Wildman–Crippen LogP) is 5.23. The fourth-order valence-electron chi connectivity index (χ4n) is 3.60. The topological polar surface area (TPSA) is 50.7 Å². The van der Waals surface area contributed by atoms with E-state index in [4.69, 9.17) is 9.47 Å². The zero-order valence-electron chi connectivity index (χ0n) is 17.1. The Morgan fingerprint density at radius 1 is 1.00 bits per heavy atom. The molecule has 3 aromatic carbocycles. The Balaban J connectivity index is 1.55. The Morgan fingerprint density at radius 2 is 1.73 bits per heavy atom. The monoisotopic (exact) mass is 407 g/mol. The van der Waals surface area contributed by atoms with Crippen molar-refractivity contribution in [3.05, 3.63) is 95.3 Å². The van der Waals surface area contributed by atoms with E-state index in [9.17, 15) is 9.50 Å². The SMILES string of the molecule is CC1(C)Oc2ccc(NCc3ccc(F)cc3)cc2[C@@H](OCc2ccccc2)[C@@H]1O. The maximum absolute atomic E-state index is 13.1. The average Bonchev–Trinajstić information content (AvgIpc) is 2.74. The number of benzene rings is 3. The van der Waals surface area contributed by atoms with Gasteiger partial charge in [-0.05, 0) is 55.3 Å². The minimum atomic E-state index is -0.818. The van der Waals surface area contributed by atoms with Crippen molar-refractivity contribution in [3.8, 4) is 5.75 Å². The van der Waals surface area contributed by atoms with Crippen LogP contribution in [0.2, 0.25) is 0 Å². The summed E-state index contributed by atoms with van der Waals surface area (Å²) in [5.74, 6) is 0.454.